The van der Waals surface area contributed by atoms with Crippen LogP contribution in [0.1, 0.15) is 19.4 Å². The van der Waals surface area contributed by atoms with Crippen molar-refractivity contribution in [2.24, 2.45) is 0 Å². The van der Waals surface area contributed by atoms with Gasteiger partial charge in [0.1, 0.15) is 5.82 Å². The second-order valence-electron chi connectivity index (χ2n) is 6.68. The van der Waals surface area contributed by atoms with Crippen LogP contribution in [0.5, 0.6) is 0 Å². The molecule has 0 saturated carbocycles. The highest BCUT2D eigenvalue weighted by Crippen LogP contribution is 2.29. The molecule has 2 aliphatic heterocycles. The zero-order chi connectivity index (χ0) is 19.9. The summed E-state index contributed by atoms with van der Waals surface area (Å²) in [5.41, 5.74) is 9.88. The molecule has 7 nitrogen and oxygen atoms in total. The van der Waals surface area contributed by atoms with Gasteiger partial charge >= 0.3 is 0 Å². The van der Waals surface area contributed by atoms with Crippen LogP contribution in [0.3, 0.4) is 0 Å². The number of rotatable bonds is 3. The van der Waals surface area contributed by atoms with E-state index in [0.29, 0.717) is 13.2 Å². The predicted molar refractivity (Wildman–Crippen MR) is 114 cm³/mol. The van der Waals surface area contributed by atoms with Crippen molar-refractivity contribution in [3.63, 3.8) is 0 Å². The van der Waals surface area contributed by atoms with E-state index in [1.165, 1.54) is 0 Å². The minimum atomic E-state index is 0.706. The van der Waals surface area contributed by atoms with Crippen LogP contribution in [0.4, 0.5) is 17.5 Å². The number of morpholine rings is 2. The monoisotopic (exact) mass is 385 g/mol. The first-order valence-electron chi connectivity index (χ1n) is 10.1. The normalized spacial score (nSPS) is 17.1. The lowest BCUT2D eigenvalue weighted by Crippen LogP contribution is -2.39. The Kier molecular flexibility index (Phi) is 7.06. The predicted octanol–water partition coefficient (Wildman–Crippen LogP) is 2.73. The number of nitrogen functional groups attached to an aromatic ring is 1. The van der Waals surface area contributed by atoms with Gasteiger partial charge < -0.3 is 25.0 Å². The molecule has 2 fully saturated rings. The van der Waals surface area contributed by atoms with E-state index in [0.717, 1.165) is 73.7 Å². The third-order valence-corrected chi connectivity index (χ3v) is 4.87. The molecule has 0 spiro atoms. The molecular weight excluding hydrogens is 354 g/mol. The van der Waals surface area contributed by atoms with Crippen LogP contribution in [0.2, 0.25) is 0 Å². The van der Waals surface area contributed by atoms with Gasteiger partial charge in [0, 0.05) is 43.5 Å². The molecule has 28 heavy (non-hydrogen) atoms. The summed E-state index contributed by atoms with van der Waals surface area (Å²) in [6.45, 7) is 12.2. The van der Waals surface area contributed by atoms with Gasteiger partial charge in [0.15, 0.2) is 0 Å². The molecule has 0 atom stereocenters. The Morgan fingerprint density at radius 3 is 2.11 bits per heavy atom. The van der Waals surface area contributed by atoms with Crippen molar-refractivity contribution in [2.45, 2.75) is 20.8 Å². The first-order valence-corrected chi connectivity index (χ1v) is 10.1. The van der Waals surface area contributed by atoms with Gasteiger partial charge in [-0.3, -0.25) is 0 Å². The molecule has 0 radical (unpaired) electrons. The first-order chi connectivity index (χ1) is 13.7. The van der Waals surface area contributed by atoms with Gasteiger partial charge in [-0.25, -0.2) is 4.98 Å². The maximum Gasteiger partial charge on any atom is 0.228 e. The number of aromatic nitrogens is 2. The van der Waals surface area contributed by atoms with Crippen molar-refractivity contribution >= 4 is 17.5 Å². The number of nitrogens with two attached hydrogens (primary N) is 1. The Morgan fingerprint density at radius 1 is 0.857 bits per heavy atom. The molecular formula is C21H31N5O2. The lowest BCUT2D eigenvalue weighted by atomic mass is 10.0. The van der Waals surface area contributed by atoms with E-state index in [9.17, 15) is 0 Å². The van der Waals surface area contributed by atoms with Crippen molar-refractivity contribution in [3.05, 3.63) is 29.8 Å². The molecule has 4 rings (SSSR count). The number of aryl methyl sites for hydroxylation is 1. The van der Waals surface area contributed by atoms with Gasteiger partial charge in [0.05, 0.1) is 32.1 Å². The smallest absolute Gasteiger partial charge is 0.228 e. The first kappa shape index (κ1) is 20.4. The summed E-state index contributed by atoms with van der Waals surface area (Å²) in [6, 6.07) is 8.02. The van der Waals surface area contributed by atoms with E-state index in [1.54, 1.807) is 0 Å². The van der Waals surface area contributed by atoms with Crippen molar-refractivity contribution in [3.8, 4) is 11.3 Å². The molecule has 2 saturated heterocycles. The lowest BCUT2D eigenvalue weighted by molar-refractivity contribution is 0.121. The summed E-state index contributed by atoms with van der Waals surface area (Å²) in [5, 5.41) is 0. The number of hydrogen-bond donors (Lipinski definition) is 1. The molecule has 2 aromatic rings. The molecule has 2 aliphatic rings. The van der Waals surface area contributed by atoms with E-state index in [4.69, 9.17) is 25.2 Å². The van der Waals surface area contributed by atoms with Crippen molar-refractivity contribution in [1.29, 1.82) is 0 Å². The van der Waals surface area contributed by atoms with Crippen molar-refractivity contribution < 1.29 is 9.47 Å². The molecule has 0 aliphatic carbocycles. The Hall–Kier alpha value is -2.38. The van der Waals surface area contributed by atoms with E-state index in [-0.39, 0.29) is 0 Å². The van der Waals surface area contributed by atoms with Gasteiger partial charge in [0.25, 0.3) is 0 Å². The Labute approximate surface area is 167 Å². The van der Waals surface area contributed by atoms with Crippen LogP contribution in [0.15, 0.2) is 24.3 Å². The van der Waals surface area contributed by atoms with Crippen LogP contribution in [-0.2, 0) is 9.47 Å². The van der Waals surface area contributed by atoms with Crippen LogP contribution >= 0.6 is 0 Å². The second kappa shape index (κ2) is 9.71. The third kappa shape index (κ3) is 4.72. The van der Waals surface area contributed by atoms with E-state index in [1.807, 2.05) is 32.0 Å². The molecule has 3 heterocycles. The molecule has 0 unspecified atom stereocenters. The fourth-order valence-electron chi connectivity index (χ4n) is 3.33. The summed E-state index contributed by atoms with van der Waals surface area (Å²) in [5.74, 6) is 1.70. The average molecular weight is 386 g/mol. The summed E-state index contributed by atoms with van der Waals surface area (Å²) >= 11 is 0. The molecule has 2 N–H and O–H groups in total. The molecule has 1 aromatic heterocycles. The highest BCUT2D eigenvalue weighted by Gasteiger charge is 2.20. The Balaban J connectivity index is 0.00000109. The van der Waals surface area contributed by atoms with E-state index >= 15 is 0 Å². The van der Waals surface area contributed by atoms with Crippen LogP contribution in [0, 0.1) is 6.92 Å². The minimum absolute atomic E-state index is 0.706. The maximum absolute atomic E-state index is 6.03. The standard InChI is InChI=1S/C19H25N5O2.C2H6/c1-14-2-3-15(20)12-16(14)17-13-18(23-4-8-25-9-5-23)22-19(21-17)24-6-10-26-11-7-24;1-2/h2-3,12-13H,4-11,20H2,1H3;1-2H3. The summed E-state index contributed by atoms with van der Waals surface area (Å²) in [6.07, 6.45) is 0. The fraction of sp³-hybridized carbons (Fsp3) is 0.524. The second-order valence-corrected chi connectivity index (χ2v) is 6.68. The number of benzene rings is 1. The third-order valence-electron chi connectivity index (χ3n) is 4.87. The van der Waals surface area contributed by atoms with Crippen LogP contribution in [0.25, 0.3) is 11.3 Å². The maximum atomic E-state index is 6.03. The van der Waals surface area contributed by atoms with Gasteiger partial charge in [-0.2, -0.15) is 4.98 Å². The quantitative estimate of drug-likeness (QED) is 0.814. The molecule has 1 aromatic carbocycles. The SMILES string of the molecule is CC.Cc1ccc(N)cc1-c1cc(N2CCOCC2)nc(N2CCOCC2)n1. The van der Waals surface area contributed by atoms with Gasteiger partial charge in [-0.15, -0.1) is 0 Å². The zero-order valence-corrected chi connectivity index (χ0v) is 17.1. The summed E-state index contributed by atoms with van der Waals surface area (Å²) < 4.78 is 11.0. The fourth-order valence-corrected chi connectivity index (χ4v) is 3.33. The highest BCUT2D eigenvalue weighted by atomic mass is 16.5. The summed E-state index contributed by atoms with van der Waals surface area (Å²) in [4.78, 5) is 14.2. The lowest BCUT2D eigenvalue weighted by Gasteiger charge is -2.31. The van der Waals surface area contributed by atoms with Crippen LogP contribution in [-0.4, -0.2) is 62.6 Å². The number of hydrogen-bond acceptors (Lipinski definition) is 7. The van der Waals surface area contributed by atoms with Gasteiger partial charge in [-0.05, 0) is 24.6 Å². The van der Waals surface area contributed by atoms with Gasteiger partial charge in [-0.1, -0.05) is 19.9 Å². The number of nitrogens with zero attached hydrogens (tertiary/aromatic N) is 4. The minimum Gasteiger partial charge on any atom is -0.399 e. The van der Waals surface area contributed by atoms with Crippen LogP contribution < -0.4 is 15.5 Å². The topological polar surface area (TPSA) is 76.7 Å². The summed E-state index contributed by atoms with van der Waals surface area (Å²) in [7, 11) is 0. The largest absolute Gasteiger partial charge is 0.399 e. The number of ether oxygens (including phenoxy) is 2. The Bertz CT molecular complexity index is 735. The number of anilines is 3. The van der Waals surface area contributed by atoms with Crippen molar-refractivity contribution in [1.82, 2.24) is 9.97 Å². The average Bonchev–Trinajstić information content (AvgIpc) is 2.78. The molecule has 7 heteroatoms. The zero-order valence-electron chi connectivity index (χ0n) is 17.1. The van der Waals surface area contributed by atoms with Crippen molar-refractivity contribution in [2.75, 3.05) is 68.1 Å². The Morgan fingerprint density at radius 2 is 1.46 bits per heavy atom. The molecule has 0 amide bonds. The van der Waals surface area contributed by atoms with E-state index in [2.05, 4.69) is 22.8 Å². The van der Waals surface area contributed by atoms with Gasteiger partial charge in [0.2, 0.25) is 5.95 Å². The van der Waals surface area contributed by atoms with E-state index < -0.39 is 0 Å². The molecule has 0 bridgehead atoms. The highest BCUT2D eigenvalue weighted by molar-refractivity contribution is 5.71. The molecule has 152 valence electrons.